The molecule has 0 aliphatic rings. The Bertz CT molecular complexity index is 597. The van der Waals surface area contributed by atoms with Crippen molar-refractivity contribution in [3.8, 4) is 0 Å². The minimum Gasteiger partial charge on any atom is -0.271 e. The molecule has 0 saturated carbocycles. The molecule has 0 spiro atoms. The Morgan fingerprint density at radius 1 is 1.15 bits per heavy atom. The zero-order valence-corrected chi connectivity index (χ0v) is 11.7. The number of hydrogen-bond acceptors (Lipinski definition) is 2. The van der Waals surface area contributed by atoms with Crippen molar-refractivity contribution in [3.05, 3.63) is 69.7 Å². The summed E-state index contributed by atoms with van der Waals surface area (Å²) in [5.41, 5.74) is 4.93. The summed E-state index contributed by atoms with van der Waals surface area (Å²) in [4.78, 5) is 0. The first kappa shape index (κ1) is 14.9. The number of aryl methyl sites for hydroxylation is 1. The number of hydrogen-bond donors (Lipinski definition) is 2. The Kier molecular flexibility index (Phi) is 4.70. The molecule has 0 aromatic heterocycles. The Morgan fingerprint density at radius 3 is 2.35 bits per heavy atom. The van der Waals surface area contributed by atoms with Gasteiger partial charge in [0, 0.05) is 11.1 Å². The molecule has 106 valence electrons. The average molecular weight is 297 g/mol. The van der Waals surface area contributed by atoms with Crippen LogP contribution < -0.4 is 11.3 Å². The van der Waals surface area contributed by atoms with E-state index in [-0.39, 0.29) is 0 Å². The number of halogens is 3. The van der Waals surface area contributed by atoms with Crippen LogP contribution in [0, 0.1) is 18.6 Å². The van der Waals surface area contributed by atoms with Gasteiger partial charge in [0.25, 0.3) is 0 Å². The summed E-state index contributed by atoms with van der Waals surface area (Å²) < 4.78 is 26.5. The van der Waals surface area contributed by atoms with Gasteiger partial charge in [0.1, 0.15) is 11.6 Å². The molecular weight excluding hydrogens is 282 g/mol. The molecule has 2 aromatic rings. The molecule has 0 saturated heterocycles. The van der Waals surface area contributed by atoms with Crippen molar-refractivity contribution in [2.24, 2.45) is 5.84 Å². The fourth-order valence-corrected chi connectivity index (χ4v) is 2.40. The van der Waals surface area contributed by atoms with Crippen molar-refractivity contribution >= 4 is 11.6 Å². The number of nitrogens with one attached hydrogen (secondary N) is 1. The SMILES string of the molecule is Cc1ccc(CC(NN)c2cc(F)cc(F)c2)c(Cl)c1. The summed E-state index contributed by atoms with van der Waals surface area (Å²) in [5, 5.41) is 0.613. The van der Waals surface area contributed by atoms with Gasteiger partial charge in [-0.15, -0.1) is 0 Å². The predicted octanol–water partition coefficient (Wildman–Crippen LogP) is 3.67. The maximum absolute atomic E-state index is 13.3. The number of hydrazine groups is 1. The quantitative estimate of drug-likeness (QED) is 0.667. The Balaban J connectivity index is 2.28. The molecule has 1 atom stereocenters. The van der Waals surface area contributed by atoms with E-state index in [0.29, 0.717) is 17.0 Å². The first-order valence-corrected chi connectivity index (χ1v) is 6.54. The van der Waals surface area contributed by atoms with E-state index in [9.17, 15) is 8.78 Å². The molecule has 2 rings (SSSR count). The van der Waals surface area contributed by atoms with Gasteiger partial charge in [-0.1, -0.05) is 23.7 Å². The number of nitrogens with two attached hydrogens (primary N) is 1. The molecule has 2 aromatic carbocycles. The highest BCUT2D eigenvalue weighted by atomic mass is 35.5. The van der Waals surface area contributed by atoms with E-state index in [4.69, 9.17) is 17.4 Å². The van der Waals surface area contributed by atoms with Gasteiger partial charge in [0.05, 0.1) is 6.04 Å². The molecule has 20 heavy (non-hydrogen) atoms. The third kappa shape index (κ3) is 3.54. The van der Waals surface area contributed by atoms with Gasteiger partial charge in [-0.3, -0.25) is 11.3 Å². The van der Waals surface area contributed by atoms with E-state index in [1.807, 2.05) is 25.1 Å². The van der Waals surface area contributed by atoms with Crippen LogP contribution in [0.4, 0.5) is 8.78 Å². The summed E-state index contributed by atoms with van der Waals surface area (Å²) in [7, 11) is 0. The monoisotopic (exact) mass is 296 g/mol. The number of rotatable bonds is 4. The van der Waals surface area contributed by atoms with Crippen molar-refractivity contribution in [1.29, 1.82) is 0 Å². The van der Waals surface area contributed by atoms with E-state index in [0.717, 1.165) is 17.2 Å². The molecule has 5 heteroatoms. The Hall–Kier alpha value is -1.49. The maximum Gasteiger partial charge on any atom is 0.126 e. The summed E-state index contributed by atoms with van der Waals surface area (Å²) in [6.45, 7) is 1.94. The van der Waals surface area contributed by atoms with E-state index in [1.165, 1.54) is 12.1 Å². The smallest absolute Gasteiger partial charge is 0.126 e. The van der Waals surface area contributed by atoms with Gasteiger partial charge in [-0.2, -0.15) is 0 Å². The second-order valence-corrected chi connectivity index (χ2v) is 5.13. The highest BCUT2D eigenvalue weighted by Crippen LogP contribution is 2.25. The molecule has 1 unspecified atom stereocenters. The summed E-state index contributed by atoms with van der Waals surface area (Å²) >= 11 is 6.16. The van der Waals surface area contributed by atoms with Crippen molar-refractivity contribution in [3.63, 3.8) is 0 Å². The van der Waals surface area contributed by atoms with Crippen molar-refractivity contribution in [2.45, 2.75) is 19.4 Å². The summed E-state index contributed by atoms with van der Waals surface area (Å²) in [5.74, 6) is 4.24. The van der Waals surface area contributed by atoms with Crippen molar-refractivity contribution in [1.82, 2.24) is 5.43 Å². The van der Waals surface area contributed by atoms with Crippen LogP contribution >= 0.6 is 11.6 Å². The lowest BCUT2D eigenvalue weighted by Crippen LogP contribution is -2.29. The zero-order valence-electron chi connectivity index (χ0n) is 11.0. The van der Waals surface area contributed by atoms with Gasteiger partial charge >= 0.3 is 0 Å². The molecular formula is C15H15ClF2N2. The minimum absolute atomic E-state index is 0.416. The van der Waals surface area contributed by atoms with Crippen LogP contribution in [0.25, 0.3) is 0 Å². The minimum atomic E-state index is -0.629. The third-order valence-electron chi connectivity index (χ3n) is 3.12. The highest BCUT2D eigenvalue weighted by molar-refractivity contribution is 6.31. The van der Waals surface area contributed by atoms with Crippen molar-refractivity contribution in [2.75, 3.05) is 0 Å². The Labute approximate surface area is 121 Å². The molecule has 0 amide bonds. The molecule has 0 radical (unpaired) electrons. The van der Waals surface area contributed by atoms with Crippen LogP contribution in [-0.2, 0) is 6.42 Å². The van der Waals surface area contributed by atoms with Gasteiger partial charge in [-0.25, -0.2) is 8.78 Å². The van der Waals surface area contributed by atoms with Gasteiger partial charge in [0.2, 0.25) is 0 Å². The molecule has 0 aliphatic heterocycles. The first-order valence-electron chi connectivity index (χ1n) is 6.16. The summed E-state index contributed by atoms with van der Waals surface area (Å²) in [6, 6.07) is 8.59. The van der Waals surface area contributed by atoms with Gasteiger partial charge < -0.3 is 0 Å². The molecule has 2 nitrogen and oxygen atoms in total. The topological polar surface area (TPSA) is 38.0 Å². The normalized spacial score (nSPS) is 12.4. The highest BCUT2D eigenvalue weighted by Gasteiger charge is 2.14. The maximum atomic E-state index is 13.3. The van der Waals surface area contributed by atoms with E-state index >= 15 is 0 Å². The average Bonchev–Trinajstić information content (AvgIpc) is 2.36. The largest absolute Gasteiger partial charge is 0.271 e. The lowest BCUT2D eigenvalue weighted by Gasteiger charge is -2.17. The predicted molar refractivity (Wildman–Crippen MR) is 76.3 cm³/mol. The van der Waals surface area contributed by atoms with Crippen LogP contribution in [-0.4, -0.2) is 0 Å². The molecule has 0 aliphatic carbocycles. The Morgan fingerprint density at radius 2 is 1.80 bits per heavy atom. The third-order valence-corrected chi connectivity index (χ3v) is 3.47. The first-order chi connectivity index (χ1) is 9.49. The lowest BCUT2D eigenvalue weighted by atomic mass is 9.98. The second kappa shape index (κ2) is 6.31. The van der Waals surface area contributed by atoms with E-state index in [2.05, 4.69) is 5.43 Å². The van der Waals surface area contributed by atoms with Crippen molar-refractivity contribution < 1.29 is 8.78 Å². The van der Waals surface area contributed by atoms with E-state index in [1.54, 1.807) is 0 Å². The molecule has 3 N–H and O–H groups in total. The lowest BCUT2D eigenvalue weighted by molar-refractivity contribution is 0.530. The van der Waals surface area contributed by atoms with Crippen LogP contribution in [0.2, 0.25) is 5.02 Å². The van der Waals surface area contributed by atoms with Crippen LogP contribution in [0.5, 0.6) is 0 Å². The van der Waals surface area contributed by atoms with Gasteiger partial charge in [-0.05, 0) is 48.2 Å². The fourth-order valence-electron chi connectivity index (χ4n) is 2.09. The second-order valence-electron chi connectivity index (χ2n) is 4.72. The van der Waals surface area contributed by atoms with Gasteiger partial charge in [0.15, 0.2) is 0 Å². The van der Waals surface area contributed by atoms with E-state index < -0.39 is 17.7 Å². The molecule has 0 heterocycles. The summed E-state index contributed by atoms with van der Waals surface area (Å²) in [6.07, 6.45) is 0.443. The van der Waals surface area contributed by atoms with Crippen LogP contribution in [0.3, 0.4) is 0 Å². The zero-order chi connectivity index (χ0) is 14.7. The molecule has 0 bridgehead atoms. The standard InChI is InChI=1S/C15H15ClF2N2/c1-9-2-3-10(14(16)4-9)7-15(20-19)11-5-12(17)8-13(18)6-11/h2-6,8,15,20H,7,19H2,1H3. The van der Waals surface area contributed by atoms with Crippen LogP contribution in [0.1, 0.15) is 22.7 Å². The fraction of sp³-hybridized carbons (Fsp3) is 0.200. The molecule has 0 fully saturated rings. The number of benzene rings is 2. The van der Waals surface area contributed by atoms with Crippen LogP contribution in [0.15, 0.2) is 36.4 Å².